The molecule has 4 aromatic rings. The average Bonchev–Trinajstić information content (AvgIpc) is 3.25. The maximum absolute atomic E-state index is 10.9. The van der Waals surface area contributed by atoms with Crippen LogP contribution in [0.4, 0.5) is 0 Å². The lowest BCUT2D eigenvalue weighted by molar-refractivity contribution is -0.138. The van der Waals surface area contributed by atoms with E-state index in [1.54, 1.807) is 36.4 Å². The molecule has 0 aliphatic carbocycles. The van der Waals surface area contributed by atoms with Crippen molar-refractivity contribution in [3.8, 4) is 39.8 Å². The molecule has 0 saturated carbocycles. The molecule has 158 valence electrons. The Bertz CT molecular complexity index is 1160. The van der Waals surface area contributed by atoms with Crippen molar-refractivity contribution < 1.29 is 19.4 Å². The first kappa shape index (κ1) is 22.0. The van der Waals surface area contributed by atoms with Crippen LogP contribution in [0.25, 0.3) is 34.0 Å². The lowest BCUT2D eigenvalue weighted by Gasteiger charge is -2.06. The van der Waals surface area contributed by atoms with Gasteiger partial charge in [-0.1, -0.05) is 36.4 Å². The van der Waals surface area contributed by atoms with Crippen molar-refractivity contribution in [2.45, 2.75) is 12.5 Å². The molecular weight excluding hydrogens is 418 g/mol. The van der Waals surface area contributed by atoms with Gasteiger partial charge in [-0.05, 0) is 59.5 Å². The summed E-state index contributed by atoms with van der Waals surface area (Å²) >= 11 is 0. The first-order valence-corrected chi connectivity index (χ1v) is 9.30. The predicted octanol–water partition coefficient (Wildman–Crippen LogP) is 4.15. The van der Waals surface area contributed by atoms with Gasteiger partial charge in [0.05, 0.1) is 0 Å². The van der Waals surface area contributed by atoms with Crippen molar-refractivity contribution >= 4 is 18.4 Å². The first-order valence-electron chi connectivity index (χ1n) is 9.30. The zero-order valence-corrected chi connectivity index (χ0v) is 17.1. The van der Waals surface area contributed by atoms with Crippen LogP contribution in [0.5, 0.6) is 5.75 Å². The van der Waals surface area contributed by atoms with Crippen LogP contribution in [-0.2, 0) is 11.2 Å². The summed E-state index contributed by atoms with van der Waals surface area (Å²) < 4.78 is 5.80. The van der Waals surface area contributed by atoms with E-state index < -0.39 is 12.0 Å². The zero-order valence-electron chi connectivity index (χ0n) is 16.3. The number of aromatic nitrogens is 2. The summed E-state index contributed by atoms with van der Waals surface area (Å²) in [5.74, 6) is -0.0236. The molecule has 1 atom stereocenters. The number of nitrogens with two attached hydrogens (primary N) is 1. The molecule has 0 fully saturated rings. The summed E-state index contributed by atoms with van der Waals surface area (Å²) in [7, 11) is 0. The molecule has 4 N–H and O–H groups in total. The van der Waals surface area contributed by atoms with Gasteiger partial charge in [0.1, 0.15) is 11.8 Å². The Hall–Kier alpha value is -3.68. The third kappa shape index (κ3) is 5.09. The fourth-order valence-corrected chi connectivity index (χ4v) is 3.04. The van der Waals surface area contributed by atoms with E-state index in [1.807, 2.05) is 36.4 Å². The molecule has 1 heterocycles. The summed E-state index contributed by atoms with van der Waals surface area (Å²) in [5.41, 5.74) is 9.92. The van der Waals surface area contributed by atoms with Gasteiger partial charge in [0.2, 0.25) is 11.8 Å². The number of carboxylic acid groups (broad SMARTS) is 1. The highest BCUT2D eigenvalue weighted by atomic mass is 35.5. The van der Waals surface area contributed by atoms with Gasteiger partial charge in [0.25, 0.3) is 0 Å². The standard InChI is InChI=1S/C23H19N3O4.ClH/c24-20(23(28)29)13-14-1-3-17(4-2-14)21-25-26-22(30-21)18-7-5-15(6-8-18)16-9-11-19(27)12-10-16;/h1-12,20,27H,13,24H2,(H,28,29);1H. The van der Waals surface area contributed by atoms with E-state index in [0.29, 0.717) is 11.8 Å². The van der Waals surface area contributed by atoms with Crippen LogP contribution in [0.3, 0.4) is 0 Å². The normalized spacial score (nSPS) is 11.5. The second kappa shape index (κ2) is 9.42. The number of hydrogen-bond donors (Lipinski definition) is 3. The second-order valence-corrected chi connectivity index (χ2v) is 6.88. The lowest BCUT2D eigenvalue weighted by atomic mass is 10.0. The fourth-order valence-electron chi connectivity index (χ4n) is 3.04. The maximum Gasteiger partial charge on any atom is 0.320 e. The van der Waals surface area contributed by atoms with Gasteiger partial charge in [0, 0.05) is 11.1 Å². The molecule has 0 saturated heterocycles. The second-order valence-electron chi connectivity index (χ2n) is 6.88. The van der Waals surface area contributed by atoms with E-state index in [2.05, 4.69) is 10.2 Å². The van der Waals surface area contributed by atoms with Crippen LogP contribution in [0.15, 0.2) is 77.2 Å². The molecular formula is C23H20ClN3O4. The van der Waals surface area contributed by atoms with Crippen LogP contribution >= 0.6 is 12.4 Å². The van der Waals surface area contributed by atoms with E-state index in [0.717, 1.165) is 27.8 Å². The Balaban J connectivity index is 0.00000272. The van der Waals surface area contributed by atoms with Crippen molar-refractivity contribution in [1.82, 2.24) is 10.2 Å². The molecule has 31 heavy (non-hydrogen) atoms. The number of carbonyl (C=O) groups is 1. The molecule has 0 bridgehead atoms. The van der Waals surface area contributed by atoms with E-state index in [9.17, 15) is 9.90 Å². The Kier molecular flexibility index (Phi) is 6.69. The third-order valence-electron chi connectivity index (χ3n) is 4.73. The molecule has 3 aromatic carbocycles. The van der Waals surface area contributed by atoms with E-state index in [1.165, 1.54) is 0 Å². The Morgan fingerprint density at radius 3 is 1.71 bits per heavy atom. The van der Waals surface area contributed by atoms with E-state index >= 15 is 0 Å². The predicted molar refractivity (Wildman–Crippen MR) is 119 cm³/mol. The van der Waals surface area contributed by atoms with E-state index in [-0.39, 0.29) is 24.6 Å². The number of phenols is 1. The number of hydrogen-bond acceptors (Lipinski definition) is 6. The van der Waals surface area contributed by atoms with Crippen LogP contribution in [-0.4, -0.2) is 32.4 Å². The minimum absolute atomic E-state index is 0. The highest BCUT2D eigenvalue weighted by Crippen LogP contribution is 2.27. The van der Waals surface area contributed by atoms with E-state index in [4.69, 9.17) is 15.3 Å². The zero-order chi connectivity index (χ0) is 21.1. The van der Waals surface area contributed by atoms with Gasteiger partial charge in [0.15, 0.2) is 0 Å². The molecule has 1 unspecified atom stereocenters. The SMILES string of the molecule is Cl.NC(Cc1ccc(-c2nnc(-c3ccc(-c4ccc(O)cc4)cc3)o2)cc1)C(=O)O. The largest absolute Gasteiger partial charge is 0.508 e. The first-order chi connectivity index (χ1) is 14.5. The third-order valence-corrected chi connectivity index (χ3v) is 4.73. The fraction of sp³-hybridized carbons (Fsp3) is 0.0870. The molecule has 0 amide bonds. The number of benzene rings is 3. The molecule has 4 rings (SSSR count). The molecule has 1 aromatic heterocycles. The number of nitrogens with zero attached hydrogens (tertiary/aromatic N) is 2. The summed E-state index contributed by atoms with van der Waals surface area (Å²) in [6.07, 6.45) is 0.248. The lowest BCUT2D eigenvalue weighted by Crippen LogP contribution is -2.32. The van der Waals surface area contributed by atoms with Crippen molar-refractivity contribution in [2.75, 3.05) is 0 Å². The molecule has 0 aliphatic rings. The molecule has 0 radical (unpaired) electrons. The monoisotopic (exact) mass is 437 g/mol. The number of carboxylic acids is 1. The van der Waals surface area contributed by atoms with Crippen LogP contribution in [0, 0.1) is 0 Å². The van der Waals surface area contributed by atoms with Gasteiger partial charge in [-0.15, -0.1) is 22.6 Å². The number of aromatic hydroxyl groups is 1. The molecule has 8 heteroatoms. The van der Waals surface area contributed by atoms with Gasteiger partial charge < -0.3 is 20.4 Å². The van der Waals surface area contributed by atoms with Crippen LogP contribution in [0.2, 0.25) is 0 Å². The average molecular weight is 438 g/mol. The summed E-state index contributed by atoms with van der Waals surface area (Å²) in [5, 5.41) is 26.6. The van der Waals surface area contributed by atoms with Gasteiger partial charge in [-0.2, -0.15) is 0 Å². The van der Waals surface area contributed by atoms with Crippen molar-refractivity contribution in [3.63, 3.8) is 0 Å². The van der Waals surface area contributed by atoms with Crippen molar-refractivity contribution in [2.24, 2.45) is 5.73 Å². The van der Waals surface area contributed by atoms with Gasteiger partial charge in [-0.3, -0.25) is 4.79 Å². The number of phenolic OH excluding ortho intramolecular Hbond substituents is 1. The molecule has 0 aliphatic heterocycles. The Morgan fingerprint density at radius 2 is 1.23 bits per heavy atom. The Labute approximate surface area is 184 Å². The van der Waals surface area contributed by atoms with Crippen molar-refractivity contribution in [1.29, 1.82) is 0 Å². The number of halogens is 1. The summed E-state index contributed by atoms with van der Waals surface area (Å²) in [6.45, 7) is 0. The van der Waals surface area contributed by atoms with Crippen LogP contribution < -0.4 is 5.73 Å². The highest BCUT2D eigenvalue weighted by Gasteiger charge is 2.14. The summed E-state index contributed by atoms with van der Waals surface area (Å²) in [6, 6.07) is 21.0. The number of rotatable bonds is 6. The Morgan fingerprint density at radius 1 is 0.806 bits per heavy atom. The smallest absolute Gasteiger partial charge is 0.320 e. The van der Waals surface area contributed by atoms with Gasteiger partial charge in [-0.25, -0.2) is 0 Å². The van der Waals surface area contributed by atoms with Crippen LogP contribution in [0.1, 0.15) is 5.56 Å². The summed E-state index contributed by atoms with van der Waals surface area (Å²) in [4.78, 5) is 10.9. The maximum atomic E-state index is 10.9. The number of aliphatic carboxylic acids is 1. The van der Waals surface area contributed by atoms with Gasteiger partial charge >= 0.3 is 5.97 Å². The minimum Gasteiger partial charge on any atom is -0.508 e. The molecule has 0 spiro atoms. The quantitative estimate of drug-likeness (QED) is 0.414. The highest BCUT2D eigenvalue weighted by molar-refractivity contribution is 5.85. The minimum atomic E-state index is -1.03. The topological polar surface area (TPSA) is 122 Å². The molecule has 7 nitrogen and oxygen atoms in total. The van der Waals surface area contributed by atoms with Crippen molar-refractivity contribution in [3.05, 3.63) is 78.4 Å².